The average Bonchev–Trinajstić information content (AvgIpc) is 3.11. The van der Waals surface area contributed by atoms with Crippen molar-refractivity contribution in [1.82, 2.24) is 9.88 Å². The predicted molar refractivity (Wildman–Crippen MR) is 86.7 cm³/mol. The predicted octanol–water partition coefficient (Wildman–Crippen LogP) is 2.21. The highest BCUT2D eigenvalue weighted by Gasteiger charge is 2.31. The first-order valence-corrected chi connectivity index (χ1v) is 7.77. The molecule has 124 valence electrons. The van der Waals surface area contributed by atoms with Crippen LogP contribution in [0.25, 0.3) is 0 Å². The van der Waals surface area contributed by atoms with E-state index in [4.69, 9.17) is 9.84 Å². The van der Waals surface area contributed by atoms with E-state index < -0.39 is 11.9 Å². The fraction of sp³-hybridized carbons (Fsp3) is 0.278. The van der Waals surface area contributed by atoms with Crippen LogP contribution in [0, 0.1) is 5.92 Å². The molecule has 1 fully saturated rings. The number of likely N-dealkylation sites (tertiary alicyclic amines) is 1. The highest BCUT2D eigenvalue weighted by atomic mass is 16.5. The first-order chi connectivity index (χ1) is 11.6. The smallest absolute Gasteiger partial charge is 0.308 e. The Morgan fingerprint density at radius 1 is 1.29 bits per heavy atom. The van der Waals surface area contributed by atoms with Gasteiger partial charge >= 0.3 is 5.97 Å². The summed E-state index contributed by atoms with van der Waals surface area (Å²) in [5.74, 6) is -0.887. The molecule has 2 heterocycles. The summed E-state index contributed by atoms with van der Waals surface area (Å²) in [6.45, 7) is 1.10. The number of carbonyl (C=O) groups is 2. The van der Waals surface area contributed by atoms with Crippen LogP contribution in [0.4, 0.5) is 0 Å². The van der Waals surface area contributed by atoms with Gasteiger partial charge in [0.2, 0.25) is 0 Å². The molecule has 0 radical (unpaired) electrons. The molecule has 1 aliphatic heterocycles. The molecule has 6 heteroatoms. The van der Waals surface area contributed by atoms with E-state index in [-0.39, 0.29) is 12.5 Å². The second-order valence-corrected chi connectivity index (χ2v) is 5.75. The zero-order chi connectivity index (χ0) is 16.9. The second-order valence-electron chi connectivity index (χ2n) is 5.75. The van der Waals surface area contributed by atoms with E-state index >= 15 is 0 Å². The summed E-state index contributed by atoms with van der Waals surface area (Å²) in [5, 5.41) is 9.04. The van der Waals surface area contributed by atoms with Crippen LogP contribution in [0.15, 0.2) is 48.8 Å². The number of aromatic nitrogens is 1. The number of aliphatic carboxylic acids is 1. The van der Waals surface area contributed by atoms with E-state index in [2.05, 4.69) is 4.98 Å². The summed E-state index contributed by atoms with van der Waals surface area (Å²) in [5.41, 5.74) is 1.45. The van der Waals surface area contributed by atoms with Gasteiger partial charge in [-0.2, -0.15) is 0 Å². The minimum absolute atomic E-state index is 0.162. The van der Waals surface area contributed by atoms with Crippen molar-refractivity contribution in [2.45, 2.75) is 13.0 Å². The number of carboxylic acids is 1. The summed E-state index contributed by atoms with van der Waals surface area (Å²) >= 11 is 0. The number of nitrogens with zero attached hydrogens (tertiary/aromatic N) is 2. The van der Waals surface area contributed by atoms with Crippen LogP contribution in [0.2, 0.25) is 0 Å². The van der Waals surface area contributed by atoms with Crippen molar-refractivity contribution >= 4 is 11.9 Å². The third-order valence-corrected chi connectivity index (χ3v) is 4.03. The Labute approximate surface area is 139 Å². The molecule has 2 aromatic rings. The minimum Gasteiger partial charge on any atom is -0.489 e. The van der Waals surface area contributed by atoms with Gasteiger partial charge in [-0.25, -0.2) is 0 Å². The normalized spacial score (nSPS) is 16.8. The maximum absolute atomic E-state index is 12.5. The second kappa shape index (κ2) is 7.12. The van der Waals surface area contributed by atoms with Crippen LogP contribution >= 0.6 is 0 Å². The standard InChI is InChI=1S/C18H18N2O4/c21-17(20-8-6-15(11-20)18(22)23)14-4-1-5-16(9-14)24-12-13-3-2-7-19-10-13/h1-5,7,9-10,15H,6,8,11-12H2,(H,22,23). The molecule has 3 rings (SSSR count). The van der Waals surface area contributed by atoms with Crippen molar-refractivity contribution in [3.63, 3.8) is 0 Å². The number of carboxylic acid groups (broad SMARTS) is 1. The lowest BCUT2D eigenvalue weighted by molar-refractivity contribution is -0.141. The van der Waals surface area contributed by atoms with Crippen molar-refractivity contribution in [1.29, 1.82) is 0 Å². The van der Waals surface area contributed by atoms with E-state index in [0.29, 0.717) is 30.9 Å². The van der Waals surface area contributed by atoms with Crippen LogP contribution in [0.3, 0.4) is 0 Å². The SMILES string of the molecule is O=C(O)C1CCN(C(=O)c2cccc(OCc3cccnc3)c2)C1. The number of amides is 1. The molecule has 1 aromatic carbocycles. The molecule has 0 saturated carbocycles. The van der Waals surface area contributed by atoms with Gasteiger partial charge in [0.1, 0.15) is 12.4 Å². The number of rotatable bonds is 5. The third kappa shape index (κ3) is 3.71. The molecule has 6 nitrogen and oxygen atoms in total. The van der Waals surface area contributed by atoms with Gasteiger partial charge in [-0.05, 0) is 30.7 Å². The van der Waals surface area contributed by atoms with Crippen molar-refractivity contribution in [3.8, 4) is 5.75 Å². The minimum atomic E-state index is -0.848. The van der Waals surface area contributed by atoms with Crippen LogP contribution in [-0.4, -0.2) is 40.0 Å². The highest BCUT2D eigenvalue weighted by molar-refractivity contribution is 5.95. The molecular formula is C18H18N2O4. The molecule has 0 spiro atoms. The lowest BCUT2D eigenvalue weighted by Gasteiger charge is -2.16. The first kappa shape index (κ1) is 16.0. The third-order valence-electron chi connectivity index (χ3n) is 4.03. The van der Waals surface area contributed by atoms with Crippen molar-refractivity contribution in [2.75, 3.05) is 13.1 Å². The Kier molecular flexibility index (Phi) is 4.74. The Balaban J connectivity index is 1.64. The topological polar surface area (TPSA) is 79.7 Å². The van der Waals surface area contributed by atoms with Crippen LogP contribution < -0.4 is 4.74 Å². The molecule has 1 saturated heterocycles. The van der Waals surface area contributed by atoms with Gasteiger partial charge in [-0.15, -0.1) is 0 Å². The van der Waals surface area contributed by atoms with Gasteiger partial charge in [0.05, 0.1) is 5.92 Å². The number of benzene rings is 1. The van der Waals surface area contributed by atoms with Gasteiger partial charge in [0, 0.05) is 36.6 Å². The maximum atomic E-state index is 12.5. The molecule has 1 unspecified atom stereocenters. The first-order valence-electron chi connectivity index (χ1n) is 7.77. The zero-order valence-corrected chi connectivity index (χ0v) is 13.1. The molecule has 1 amide bonds. The molecule has 0 aliphatic carbocycles. The van der Waals surface area contributed by atoms with Gasteiger partial charge < -0.3 is 14.7 Å². The zero-order valence-electron chi connectivity index (χ0n) is 13.1. The number of pyridine rings is 1. The summed E-state index contributed by atoms with van der Waals surface area (Å²) in [6, 6.07) is 10.7. The molecular weight excluding hydrogens is 308 g/mol. The van der Waals surface area contributed by atoms with Crippen LogP contribution in [-0.2, 0) is 11.4 Å². The number of hydrogen-bond acceptors (Lipinski definition) is 4. The monoisotopic (exact) mass is 326 g/mol. The van der Waals surface area contributed by atoms with Crippen molar-refractivity contribution in [3.05, 3.63) is 59.9 Å². The van der Waals surface area contributed by atoms with Crippen molar-refractivity contribution in [2.24, 2.45) is 5.92 Å². The van der Waals surface area contributed by atoms with Gasteiger partial charge in [-0.1, -0.05) is 12.1 Å². The largest absolute Gasteiger partial charge is 0.489 e. The quantitative estimate of drug-likeness (QED) is 0.911. The van der Waals surface area contributed by atoms with Gasteiger partial charge in [0.15, 0.2) is 0 Å². The summed E-state index contributed by atoms with van der Waals surface area (Å²) in [7, 11) is 0. The number of ether oxygens (including phenoxy) is 1. The van der Waals surface area contributed by atoms with E-state index in [1.807, 2.05) is 12.1 Å². The average molecular weight is 326 g/mol. The maximum Gasteiger partial charge on any atom is 0.308 e. The number of hydrogen-bond donors (Lipinski definition) is 1. The van der Waals surface area contributed by atoms with Crippen LogP contribution in [0.1, 0.15) is 22.3 Å². The molecule has 1 atom stereocenters. The molecule has 1 aromatic heterocycles. The van der Waals surface area contributed by atoms with Gasteiger partial charge in [0.25, 0.3) is 5.91 Å². The van der Waals surface area contributed by atoms with Gasteiger partial charge in [-0.3, -0.25) is 14.6 Å². The summed E-state index contributed by atoms with van der Waals surface area (Å²) in [6.07, 6.45) is 3.92. The Bertz CT molecular complexity index is 733. The molecule has 1 aliphatic rings. The lowest BCUT2D eigenvalue weighted by Crippen LogP contribution is -2.29. The summed E-state index contributed by atoms with van der Waals surface area (Å²) in [4.78, 5) is 29.1. The Hall–Kier alpha value is -2.89. The van der Waals surface area contributed by atoms with E-state index in [1.54, 1.807) is 41.6 Å². The molecule has 0 bridgehead atoms. The molecule has 24 heavy (non-hydrogen) atoms. The lowest BCUT2D eigenvalue weighted by atomic mass is 10.1. The highest BCUT2D eigenvalue weighted by Crippen LogP contribution is 2.21. The Morgan fingerprint density at radius 3 is 2.88 bits per heavy atom. The Morgan fingerprint density at radius 2 is 2.17 bits per heavy atom. The van der Waals surface area contributed by atoms with E-state index in [1.165, 1.54) is 0 Å². The van der Waals surface area contributed by atoms with E-state index in [9.17, 15) is 9.59 Å². The fourth-order valence-corrected chi connectivity index (χ4v) is 2.70. The summed E-state index contributed by atoms with van der Waals surface area (Å²) < 4.78 is 5.70. The number of carbonyl (C=O) groups excluding carboxylic acids is 1. The van der Waals surface area contributed by atoms with Crippen molar-refractivity contribution < 1.29 is 19.4 Å². The fourth-order valence-electron chi connectivity index (χ4n) is 2.70. The van der Waals surface area contributed by atoms with Crippen LogP contribution in [0.5, 0.6) is 5.75 Å². The van der Waals surface area contributed by atoms with E-state index in [0.717, 1.165) is 5.56 Å². The molecule has 1 N–H and O–H groups in total.